The second kappa shape index (κ2) is 8.60. The lowest BCUT2D eigenvalue weighted by Crippen LogP contribution is -2.50. The van der Waals surface area contributed by atoms with Gasteiger partial charge in [-0.2, -0.15) is 0 Å². The molecular weight excluding hydrogens is 376 g/mol. The number of thioether (sulfide) groups is 1. The molecule has 3 rings (SSSR count). The topological polar surface area (TPSA) is 84.4 Å². The smallest absolute Gasteiger partial charge is 0.262 e. The fraction of sp³-hybridized carbons (Fsp3) is 0.400. The summed E-state index contributed by atoms with van der Waals surface area (Å²) in [6.45, 7) is 4.08. The molecule has 0 radical (unpaired) electrons. The minimum absolute atomic E-state index is 0.0580. The van der Waals surface area contributed by atoms with E-state index in [1.54, 1.807) is 18.0 Å². The second-order valence-corrected chi connectivity index (χ2v) is 7.33. The number of nitrogens with zero attached hydrogens (tertiary/aromatic N) is 3. The van der Waals surface area contributed by atoms with Crippen LogP contribution in [0.5, 0.6) is 5.75 Å². The molecule has 2 amide bonds. The van der Waals surface area contributed by atoms with Crippen molar-refractivity contribution in [1.29, 1.82) is 0 Å². The van der Waals surface area contributed by atoms with E-state index in [0.29, 0.717) is 24.3 Å². The van der Waals surface area contributed by atoms with Crippen molar-refractivity contribution >= 4 is 29.3 Å². The number of fused-ring (bicyclic) bond motifs is 1. The molecule has 0 unspecified atom stereocenters. The lowest BCUT2D eigenvalue weighted by molar-refractivity contribution is -0.127. The number of rotatable bonds is 5. The third-order valence-corrected chi connectivity index (χ3v) is 5.33. The first-order valence-corrected chi connectivity index (χ1v) is 10.3. The number of anilines is 1. The van der Waals surface area contributed by atoms with Crippen LogP contribution in [0.4, 0.5) is 5.69 Å². The van der Waals surface area contributed by atoms with Crippen LogP contribution in [-0.2, 0) is 16.0 Å². The Bertz CT molecular complexity index is 880. The zero-order valence-corrected chi connectivity index (χ0v) is 17.3. The summed E-state index contributed by atoms with van der Waals surface area (Å²) in [4.78, 5) is 35.7. The molecule has 0 bridgehead atoms. The van der Waals surface area contributed by atoms with Crippen molar-refractivity contribution in [3.63, 3.8) is 0 Å². The van der Waals surface area contributed by atoms with Crippen molar-refractivity contribution in [2.45, 2.75) is 37.9 Å². The minimum atomic E-state index is -0.725. The average Bonchev–Trinajstić information content (AvgIpc) is 2.71. The van der Waals surface area contributed by atoms with Gasteiger partial charge < -0.3 is 15.0 Å². The molecule has 8 heteroatoms. The number of ether oxygens (including phenoxy) is 1. The standard InChI is InChI=1S/C20H24N4O3S/c1-12-14(13(2)23-20(22-12)28-4)9-10-18(25)24-11-17(19(26)21-3)27-16-8-6-5-7-15(16)24/h5-8,17H,9-11H2,1-4H3,(H,21,26)/t17-/m0/s1. The highest BCUT2D eigenvalue weighted by Crippen LogP contribution is 2.33. The molecule has 148 valence electrons. The van der Waals surface area contributed by atoms with Gasteiger partial charge in [0.2, 0.25) is 5.91 Å². The molecule has 1 aromatic carbocycles. The first kappa shape index (κ1) is 20.1. The molecular formula is C20H24N4O3S. The number of aryl methyl sites for hydroxylation is 2. The fourth-order valence-corrected chi connectivity index (χ4v) is 3.75. The zero-order chi connectivity index (χ0) is 20.3. The SMILES string of the molecule is CNC(=O)[C@@H]1CN(C(=O)CCc2c(C)nc(SC)nc2C)c2ccccc2O1. The van der Waals surface area contributed by atoms with E-state index in [0.717, 1.165) is 22.1 Å². The van der Waals surface area contributed by atoms with E-state index >= 15 is 0 Å². The van der Waals surface area contributed by atoms with Crippen LogP contribution in [0.3, 0.4) is 0 Å². The summed E-state index contributed by atoms with van der Waals surface area (Å²) in [5.74, 6) is 0.230. The highest BCUT2D eigenvalue weighted by atomic mass is 32.2. The van der Waals surface area contributed by atoms with E-state index in [1.165, 1.54) is 11.8 Å². The number of carbonyl (C=O) groups excluding carboxylic acids is 2. The van der Waals surface area contributed by atoms with Gasteiger partial charge in [0.05, 0.1) is 12.2 Å². The van der Waals surface area contributed by atoms with E-state index in [-0.39, 0.29) is 18.4 Å². The number of hydrogen-bond acceptors (Lipinski definition) is 6. The summed E-state index contributed by atoms with van der Waals surface area (Å²) in [5, 5.41) is 3.32. The number of aromatic nitrogens is 2. The van der Waals surface area contributed by atoms with Gasteiger partial charge in [-0.15, -0.1) is 0 Å². The van der Waals surface area contributed by atoms with Crippen molar-refractivity contribution in [2.75, 3.05) is 24.7 Å². The van der Waals surface area contributed by atoms with Gasteiger partial charge in [0.25, 0.3) is 5.91 Å². The van der Waals surface area contributed by atoms with Crippen molar-refractivity contribution < 1.29 is 14.3 Å². The van der Waals surface area contributed by atoms with Crippen LogP contribution in [0.15, 0.2) is 29.4 Å². The molecule has 0 aliphatic carbocycles. The highest BCUT2D eigenvalue weighted by molar-refractivity contribution is 7.98. The lowest BCUT2D eigenvalue weighted by atomic mass is 10.1. The number of carbonyl (C=O) groups is 2. The van der Waals surface area contributed by atoms with Crippen molar-refractivity contribution in [1.82, 2.24) is 15.3 Å². The van der Waals surface area contributed by atoms with E-state index in [9.17, 15) is 9.59 Å². The largest absolute Gasteiger partial charge is 0.477 e. The number of hydrogen-bond donors (Lipinski definition) is 1. The number of nitrogens with one attached hydrogen (secondary N) is 1. The van der Waals surface area contributed by atoms with Gasteiger partial charge in [-0.3, -0.25) is 9.59 Å². The molecule has 2 aromatic rings. The van der Waals surface area contributed by atoms with Crippen LogP contribution < -0.4 is 15.0 Å². The summed E-state index contributed by atoms with van der Waals surface area (Å²) < 4.78 is 5.76. The molecule has 0 saturated carbocycles. The third-order valence-electron chi connectivity index (χ3n) is 4.79. The van der Waals surface area contributed by atoms with Crippen LogP contribution in [-0.4, -0.2) is 47.7 Å². The van der Waals surface area contributed by atoms with E-state index < -0.39 is 6.10 Å². The van der Waals surface area contributed by atoms with Crippen LogP contribution in [0, 0.1) is 13.8 Å². The molecule has 1 aliphatic heterocycles. The summed E-state index contributed by atoms with van der Waals surface area (Å²) in [6, 6.07) is 7.28. The summed E-state index contributed by atoms with van der Waals surface area (Å²) in [5.41, 5.74) is 3.48. The van der Waals surface area contributed by atoms with Crippen molar-refractivity contribution in [3.05, 3.63) is 41.2 Å². The van der Waals surface area contributed by atoms with E-state index in [2.05, 4.69) is 15.3 Å². The fourth-order valence-electron chi connectivity index (χ4n) is 3.30. The monoisotopic (exact) mass is 400 g/mol. The van der Waals surface area contributed by atoms with Crippen molar-refractivity contribution in [2.24, 2.45) is 0 Å². The number of amides is 2. The Morgan fingerprint density at radius 2 is 1.93 bits per heavy atom. The Balaban J connectivity index is 1.79. The van der Waals surface area contributed by atoms with Gasteiger partial charge >= 0.3 is 0 Å². The molecule has 0 spiro atoms. The second-order valence-electron chi connectivity index (χ2n) is 6.55. The third kappa shape index (κ3) is 4.11. The van der Waals surface area contributed by atoms with Crippen LogP contribution in [0.2, 0.25) is 0 Å². The number of likely N-dealkylation sites (N-methyl/N-ethyl adjacent to an activating group) is 1. The molecule has 2 heterocycles. The molecule has 1 aliphatic rings. The number of para-hydroxylation sites is 2. The Kier molecular flexibility index (Phi) is 6.18. The summed E-state index contributed by atoms with van der Waals surface area (Å²) in [7, 11) is 1.56. The first-order valence-electron chi connectivity index (χ1n) is 9.10. The first-order chi connectivity index (χ1) is 13.4. The van der Waals surface area contributed by atoms with E-state index in [4.69, 9.17) is 4.74 Å². The normalized spacial score (nSPS) is 15.6. The van der Waals surface area contributed by atoms with Gasteiger partial charge in [-0.1, -0.05) is 23.9 Å². The van der Waals surface area contributed by atoms with Gasteiger partial charge in [-0.25, -0.2) is 9.97 Å². The summed E-state index contributed by atoms with van der Waals surface area (Å²) in [6.07, 6.45) is 2.07. The number of benzene rings is 1. The average molecular weight is 401 g/mol. The lowest BCUT2D eigenvalue weighted by Gasteiger charge is -2.34. The van der Waals surface area contributed by atoms with Gasteiger partial charge in [0, 0.05) is 24.9 Å². The summed E-state index contributed by atoms with van der Waals surface area (Å²) >= 11 is 1.50. The van der Waals surface area contributed by atoms with Gasteiger partial charge in [-0.05, 0) is 44.2 Å². The minimum Gasteiger partial charge on any atom is -0.477 e. The Morgan fingerprint density at radius 3 is 2.57 bits per heavy atom. The molecule has 0 saturated heterocycles. The Labute approximate surface area is 168 Å². The van der Waals surface area contributed by atoms with Crippen LogP contribution >= 0.6 is 11.8 Å². The Morgan fingerprint density at radius 1 is 1.25 bits per heavy atom. The molecule has 1 N–H and O–H groups in total. The van der Waals surface area contributed by atoms with Gasteiger partial charge in [0.15, 0.2) is 11.3 Å². The molecule has 0 fully saturated rings. The van der Waals surface area contributed by atoms with E-state index in [1.807, 2.05) is 38.3 Å². The molecule has 7 nitrogen and oxygen atoms in total. The predicted molar refractivity (Wildman–Crippen MR) is 109 cm³/mol. The molecule has 28 heavy (non-hydrogen) atoms. The predicted octanol–water partition coefficient (Wildman–Crippen LogP) is 2.29. The molecule has 1 aromatic heterocycles. The van der Waals surface area contributed by atoms with Gasteiger partial charge in [0.1, 0.15) is 5.75 Å². The highest BCUT2D eigenvalue weighted by Gasteiger charge is 2.33. The zero-order valence-electron chi connectivity index (χ0n) is 16.5. The van der Waals surface area contributed by atoms with Crippen LogP contribution in [0.1, 0.15) is 23.4 Å². The quantitative estimate of drug-likeness (QED) is 0.612. The van der Waals surface area contributed by atoms with Crippen molar-refractivity contribution in [3.8, 4) is 5.75 Å². The maximum absolute atomic E-state index is 13.0. The maximum atomic E-state index is 13.0. The van der Waals surface area contributed by atoms with Crippen LogP contribution in [0.25, 0.3) is 0 Å². The molecule has 1 atom stereocenters. The maximum Gasteiger partial charge on any atom is 0.262 e. The Hall–Kier alpha value is -2.61.